The van der Waals surface area contributed by atoms with E-state index in [2.05, 4.69) is 26.1 Å². The van der Waals surface area contributed by atoms with Gasteiger partial charge in [-0.3, -0.25) is 14.5 Å². The topological polar surface area (TPSA) is 69.7 Å². The number of nitrogens with zero attached hydrogens (tertiary/aromatic N) is 2. The molecule has 1 atom stereocenters. The lowest BCUT2D eigenvalue weighted by atomic mass is 9.84. The van der Waals surface area contributed by atoms with Crippen LogP contribution in [0.1, 0.15) is 51.7 Å². The Morgan fingerprint density at radius 2 is 1.81 bits per heavy atom. The first-order chi connectivity index (χ1) is 12.0. The van der Waals surface area contributed by atoms with Crippen LogP contribution in [-0.2, 0) is 20.5 Å². The van der Waals surface area contributed by atoms with Crippen molar-refractivity contribution in [1.29, 1.82) is 0 Å². The zero-order chi connectivity index (χ0) is 19.3. The largest absolute Gasteiger partial charge is 0.341 e. The lowest BCUT2D eigenvalue weighted by Gasteiger charge is -2.25. The number of benzene rings is 1. The molecule has 6 nitrogen and oxygen atoms in total. The highest BCUT2D eigenvalue weighted by atomic mass is 16.2. The van der Waals surface area contributed by atoms with Crippen molar-refractivity contribution in [1.82, 2.24) is 15.1 Å². The molecule has 6 heteroatoms. The Bertz CT molecular complexity index is 747. The summed E-state index contributed by atoms with van der Waals surface area (Å²) >= 11 is 0. The second-order valence-electron chi connectivity index (χ2n) is 8.51. The summed E-state index contributed by atoms with van der Waals surface area (Å²) in [5.74, 6) is -0.591. The summed E-state index contributed by atoms with van der Waals surface area (Å²) < 4.78 is 0. The molecule has 1 heterocycles. The predicted molar refractivity (Wildman–Crippen MR) is 98.5 cm³/mol. The van der Waals surface area contributed by atoms with Crippen LogP contribution in [0, 0.1) is 0 Å². The molecule has 26 heavy (non-hydrogen) atoms. The number of imide groups is 1. The molecule has 1 aliphatic carbocycles. The summed E-state index contributed by atoms with van der Waals surface area (Å²) in [7, 11) is 1.73. The molecule has 140 valence electrons. The van der Waals surface area contributed by atoms with Gasteiger partial charge in [-0.15, -0.1) is 0 Å². The molecule has 2 fully saturated rings. The standard InChI is InChI=1S/C20H27N3O3/c1-19(2,3)13-6-8-14(9-7-13)20(4)17(25)23(18(26)21-20)12-16(24)22(5)15-10-11-15/h6-9,15H,10-12H2,1-5H3,(H,21,26). The highest BCUT2D eigenvalue weighted by Crippen LogP contribution is 2.31. The number of rotatable bonds is 4. The lowest BCUT2D eigenvalue weighted by Crippen LogP contribution is -2.44. The van der Waals surface area contributed by atoms with Gasteiger partial charge in [0.25, 0.3) is 5.91 Å². The Morgan fingerprint density at radius 3 is 2.31 bits per heavy atom. The van der Waals surface area contributed by atoms with Crippen molar-refractivity contribution in [2.45, 2.75) is 57.5 Å². The monoisotopic (exact) mass is 357 g/mol. The Hall–Kier alpha value is -2.37. The van der Waals surface area contributed by atoms with Crippen molar-refractivity contribution in [2.24, 2.45) is 0 Å². The third-order valence-corrected chi connectivity index (χ3v) is 5.38. The first-order valence-corrected chi connectivity index (χ1v) is 9.05. The maximum absolute atomic E-state index is 12.9. The first kappa shape index (κ1) is 18.4. The van der Waals surface area contributed by atoms with Crippen LogP contribution in [0.15, 0.2) is 24.3 Å². The van der Waals surface area contributed by atoms with E-state index in [0.717, 1.165) is 23.3 Å². The van der Waals surface area contributed by atoms with Gasteiger partial charge in [0.2, 0.25) is 5.91 Å². The quantitative estimate of drug-likeness (QED) is 0.841. The van der Waals surface area contributed by atoms with E-state index in [9.17, 15) is 14.4 Å². The molecule has 0 spiro atoms. The Balaban J connectivity index is 1.79. The number of carbonyl (C=O) groups excluding carboxylic acids is 3. The SMILES string of the molecule is CN(C(=O)CN1C(=O)NC(C)(c2ccc(C(C)(C)C)cc2)C1=O)C1CC1. The van der Waals surface area contributed by atoms with E-state index < -0.39 is 11.6 Å². The minimum absolute atomic E-state index is 0.00815. The number of amides is 4. The molecule has 1 aliphatic heterocycles. The third kappa shape index (κ3) is 3.20. The summed E-state index contributed by atoms with van der Waals surface area (Å²) in [6.45, 7) is 7.84. The van der Waals surface area contributed by atoms with E-state index >= 15 is 0 Å². The molecule has 4 amide bonds. The predicted octanol–water partition coefficient (Wildman–Crippen LogP) is 2.37. The molecular weight excluding hydrogens is 330 g/mol. The van der Waals surface area contributed by atoms with Gasteiger partial charge in [0, 0.05) is 13.1 Å². The van der Waals surface area contributed by atoms with E-state index in [-0.39, 0.29) is 29.8 Å². The van der Waals surface area contributed by atoms with Crippen molar-refractivity contribution < 1.29 is 14.4 Å². The van der Waals surface area contributed by atoms with Crippen LogP contribution < -0.4 is 5.32 Å². The summed E-state index contributed by atoms with van der Waals surface area (Å²) in [6.07, 6.45) is 1.97. The minimum atomic E-state index is -1.15. The van der Waals surface area contributed by atoms with Gasteiger partial charge in [-0.25, -0.2) is 4.79 Å². The van der Waals surface area contributed by atoms with Gasteiger partial charge in [-0.2, -0.15) is 0 Å². The highest BCUT2D eigenvalue weighted by Gasteiger charge is 2.50. The normalized spacial score (nSPS) is 23.2. The van der Waals surface area contributed by atoms with Crippen LogP contribution in [0.5, 0.6) is 0 Å². The number of likely N-dealkylation sites (N-methyl/N-ethyl adjacent to an activating group) is 1. The molecule has 0 aromatic heterocycles. The molecule has 0 radical (unpaired) electrons. The fraction of sp³-hybridized carbons (Fsp3) is 0.550. The molecule has 3 rings (SSSR count). The van der Waals surface area contributed by atoms with E-state index in [1.165, 1.54) is 0 Å². The van der Waals surface area contributed by atoms with Gasteiger partial charge in [0.05, 0.1) is 0 Å². The van der Waals surface area contributed by atoms with Crippen molar-refractivity contribution in [3.8, 4) is 0 Å². The van der Waals surface area contributed by atoms with Gasteiger partial charge in [0.1, 0.15) is 12.1 Å². The maximum atomic E-state index is 12.9. The summed E-state index contributed by atoms with van der Waals surface area (Å²) in [4.78, 5) is 40.3. The van der Waals surface area contributed by atoms with Crippen molar-refractivity contribution in [3.63, 3.8) is 0 Å². The zero-order valence-electron chi connectivity index (χ0n) is 16.1. The molecule has 1 saturated carbocycles. The number of hydrogen-bond donors (Lipinski definition) is 1. The average Bonchev–Trinajstić information content (AvgIpc) is 3.39. The first-order valence-electron chi connectivity index (χ1n) is 9.05. The highest BCUT2D eigenvalue weighted by molar-refractivity contribution is 6.09. The van der Waals surface area contributed by atoms with Crippen LogP contribution in [0.2, 0.25) is 0 Å². The molecule has 1 unspecified atom stereocenters. The van der Waals surface area contributed by atoms with Gasteiger partial charge < -0.3 is 10.2 Å². The second-order valence-corrected chi connectivity index (χ2v) is 8.51. The zero-order valence-corrected chi connectivity index (χ0v) is 16.1. The number of nitrogens with one attached hydrogen (secondary N) is 1. The average molecular weight is 357 g/mol. The smallest absolute Gasteiger partial charge is 0.325 e. The Morgan fingerprint density at radius 1 is 1.23 bits per heavy atom. The van der Waals surface area contributed by atoms with Gasteiger partial charge in [-0.05, 0) is 36.3 Å². The van der Waals surface area contributed by atoms with Crippen LogP contribution >= 0.6 is 0 Å². The summed E-state index contributed by atoms with van der Waals surface area (Å²) in [5, 5.41) is 2.76. The molecule has 2 aliphatic rings. The Labute approximate surface area is 154 Å². The fourth-order valence-electron chi connectivity index (χ4n) is 3.25. The minimum Gasteiger partial charge on any atom is -0.341 e. The summed E-state index contributed by atoms with van der Waals surface area (Å²) in [6, 6.07) is 7.44. The Kier molecular flexibility index (Phi) is 4.33. The van der Waals surface area contributed by atoms with Crippen molar-refractivity contribution in [3.05, 3.63) is 35.4 Å². The van der Waals surface area contributed by atoms with E-state index in [4.69, 9.17) is 0 Å². The lowest BCUT2D eigenvalue weighted by molar-refractivity contribution is -0.138. The van der Waals surface area contributed by atoms with Gasteiger partial charge in [-0.1, -0.05) is 45.0 Å². The molecule has 1 N–H and O–H groups in total. The van der Waals surface area contributed by atoms with E-state index in [1.54, 1.807) is 18.9 Å². The molecule has 1 saturated heterocycles. The van der Waals surface area contributed by atoms with Crippen LogP contribution in [0.25, 0.3) is 0 Å². The maximum Gasteiger partial charge on any atom is 0.325 e. The number of hydrogen-bond acceptors (Lipinski definition) is 3. The fourth-order valence-corrected chi connectivity index (χ4v) is 3.25. The molecule has 1 aromatic carbocycles. The second kappa shape index (κ2) is 6.11. The molecular formula is C20H27N3O3. The van der Waals surface area contributed by atoms with Gasteiger partial charge in [0.15, 0.2) is 0 Å². The number of urea groups is 1. The van der Waals surface area contributed by atoms with Crippen LogP contribution in [0.4, 0.5) is 4.79 Å². The van der Waals surface area contributed by atoms with Gasteiger partial charge >= 0.3 is 6.03 Å². The molecule has 0 bridgehead atoms. The number of carbonyl (C=O) groups is 3. The van der Waals surface area contributed by atoms with E-state index in [0.29, 0.717) is 5.56 Å². The van der Waals surface area contributed by atoms with Crippen molar-refractivity contribution in [2.75, 3.05) is 13.6 Å². The van der Waals surface area contributed by atoms with Crippen LogP contribution in [-0.4, -0.2) is 47.3 Å². The van der Waals surface area contributed by atoms with Crippen LogP contribution in [0.3, 0.4) is 0 Å². The molecule has 1 aromatic rings. The van der Waals surface area contributed by atoms with E-state index in [1.807, 2.05) is 24.3 Å². The van der Waals surface area contributed by atoms with Crippen molar-refractivity contribution >= 4 is 17.8 Å². The summed E-state index contributed by atoms with van der Waals surface area (Å²) in [5.41, 5.74) is 0.731. The third-order valence-electron chi connectivity index (χ3n) is 5.38.